The highest BCUT2D eigenvalue weighted by Gasteiger charge is 2.41. The second-order valence-electron chi connectivity index (χ2n) is 6.31. The molecule has 0 spiro atoms. The zero-order valence-electron chi connectivity index (χ0n) is 14.3. The first-order chi connectivity index (χ1) is 12.6. The quantitative estimate of drug-likeness (QED) is 0.500. The molecule has 3 rings (SSSR count). The third-order valence-corrected chi connectivity index (χ3v) is 4.50. The van der Waals surface area contributed by atoms with E-state index < -0.39 is 29.6 Å². The number of urea groups is 1. The summed E-state index contributed by atoms with van der Waals surface area (Å²) in [5.41, 5.74) is 1.16. The molecule has 136 valence electrons. The lowest BCUT2D eigenvalue weighted by atomic mass is 9.97. The van der Waals surface area contributed by atoms with E-state index in [1.54, 1.807) is 0 Å². The van der Waals surface area contributed by atoms with Crippen LogP contribution in [0.1, 0.15) is 32.1 Å². The Bertz CT molecular complexity index is 788. The summed E-state index contributed by atoms with van der Waals surface area (Å²) >= 11 is 0. The second-order valence-corrected chi connectivity index (χ2v) is 6.31. The topological polar surface area (TPSA) is 78.8 Å². The molecule has 2 aliphatic rings. The number of nitrogens with one attached hydrogen (secondary N) is 1. The number of carbonyl (C=O) groups excluding carboxylic acids is 3. The van der Waals surface area contributed by atoms with Crippen molar-refractivity contribution in [2.45, 2.75) is 32.1 Å². The molecule has 1 atom stereocenters. The maximum absolute atomic E-state index is 14.0. The molecule has 1 aromatic rings. The predicted molar refractivity (Wildman–Crippen MR) is 95.4 cm³/mol. The fourth-order valence-corrected chi connectivity index (χ4v) is 3.10. The lowest BCUT2D eigenvalue weighted by Crippen LogP contribution is -2.58. The molecule has 6 nitrogen and oxygen atoms in total. The second kappa shape index (κ2) is 8.03. The van der Waals surface area contributed by atoms with Crippen LogP contribution in [0.25, 0.3) is 0 Å². The van der Waals surface area contributed by atoms with E-state index in [-0.39, 0.29) is 5.69 Å². The van der Waals surface area contributed by atoms with Crippen molar-refractivity contribution in [1.82, 2.24) is 5.32 Å². The first-order valence-corrected chi connectivity index (χ1v) is 8.69. The number of para-hydroxylation sites is 1. The zero-order chi connectivity index (χ0) is 18.5. The van der Waals surface area contributed by atoms with Crippen molar-refractivity contribution in [1.29, 1.82) is 0 Å². The molecule has 1 saturated heterocycles. The lowest BCUT2D eigenvalue weighted by Gasteiger charge is -2.28. The number of anilines is 1. The number of hydrogen-bond donors (Lipinski definition) is 1. The predicted octanol–water partition coefficient (Wildman–Crippen LogP) is 2.99. The van der Waals surface area contributed by atoms with Gasteiger partial charge in [-0.1, -0.05) is 23.8 Å². The van der Waals surface area contributed by atoms with Crippen LogP contribution in [-0.2, 0) is 9.59 Å². The van der Waals surface area contributed by atoms with E-state index in [4.69, 9.17) is 0 Å². The monoisotopic (exact) mass is 357 g/mol. The van der Waals surface area contributed by atoms with Gasteiger partial charge in [-0.15, -0.1) is 0 Å². The van der Waals surface area contributed by atoms with E-state index in [9.17, 15) is 18.8 Å². The Morgan fingerprint density at radius 3 is 2.77 bits per heavy atom. The number of imide groups is 2. The van der Waals surface area contributed by atoms with E-state index in [0.717, 1.165) is 25.3 Å². The number of hydrogen-bond acceptors (Lipinski definition) is 4. The molecule has 0 aromatic heterocycles. The zero-order valence-corrected chi connectivity index (χ0v) is 14.3. The highest BCUT2D eigenvalue weighted by atomic mass is 19.1. The maximum Gasteiger partial charge on any atom is 0.335 e. The summed E-state index contributed by atoms with van der Waals surface area (Å²) in [5.74, 6) is -3.50. The molecule has 7 heteroatoms. The largest absolute Gasteiger partial charge is 0.335 e. The number of rotatable bonds is 5. The van der Waals surface area contributed by atoms with Gasteiger partial charge in [0.1, 0.15) is 5.82 Å². The van der Waals surface area contributed by atoms with E-state index in [1.165, 1.54) is 42.8 Å². The van der Waals surface area contributed by atoms with Crippen molar-refractivity contribution in [3.05, 3.63) is 41.7 Å². The van der Waals surface area contributed by atoms with Gasteiger partial charge in [0.05, 0.1) is 5.69 Å². The van der Waals surface area contributed by atoms with Gasteiger partial charge in [0.15, 0.2) is 5.92 Å². The van der Waals surface area contributed by atoms with Crippen molar-refractivity contribution >= 4 is 29.7 Å². The number of nitrogens with zero attached hydrogens (tertiary/aromatic N) is 2. The molecule has 1 aromatic carbocycles. The van der Waals surface area contributed by atoms with Crippen molar-refractivity contribution in [3.8, 4) is 0 Å². The van der Waals surface area contributed by atoms with Crippen molar-refractivity contribution in [2.75, 3.05) is 11.4 Å². The van der Waals surface area contributed by atoms with Crippen LogP contribution >= 0.6 is 0 Å². The Balaban J connectivity index is 1.70. The smallest absolute Gasteiger partial charge is 0.296 e. The Morgan fingerprint density at radius 2 is 2.04 bits per heavy atom. The number of aliphatic imine (C=N–C) groups is 1. The number of barbiturate groups is 1. The fraction of sp³-hybridized carbons (Fsp3) is 0.368. The number of benzene rings is 1. The van der Waals surface area contributed by atoms with Gasteiger partial charge >= 0.3 is 6.03 Å². The molecule has 1 N–H and O–H groups in total. The average molecular weight is 357 g/mol. The summed E-state index contributed by atoms with van der Waals surface area (Å²) in [6.07, 6.45) is 8.80. The summed E-state index contributed by atoms with van der Waals surface area (Å²) in [4.78, 5) is 41.4. The van der Waals surface area contributed by atoms with Gasteiger partial charge in [-0.05, 0) is 44.2 Å². The van der Waals surface area contributed by atoms with Gasteiger partial charge in [-0.3, -0.25) is 19.9 Å². The van der Waals surface area contributed by atoms with Gasteiger partial charge in [0.2, 0.25) is 5.91 Å². The van der Waals surface area contributed by atoms with Gasteiger partial charge in [-0.25, -0.2) is 14.1 Å². The highest BCUT2D eigenvalue weighted by molar-refractivity contribution is 6.32. The Kier molecular flexibility index (Phi) is 5.55. The molecular formula is C19H20FN3O3. The van der Waals surface area contributed by atoms with Crippen LogP contribution in [0, 0.1) is 11.7 Å². The normalized spacial score (nSPS) is 21.1. The summed E-state index contributed by atoms with van der Waals surface area (Å²) in [6.45, 7) is 0.469. The van der Waals surface area contributed by atoms with Crippen LogP contribution in [0.5, 0.6) is 0 Å². The molecule has 0 radical (unpaired) electrons. The first-order valence-electron chi connectivity index (χ1n) is 8.69. The molecule has 4 amide bonds. The molecule has 26 heavy (non-hydrogen) atoms. The maximum atomic E-state index is 14.0. The number of halogens is 1. The Morgan fingerprint density at radius 1 is 1.23 bits per heavy atom. The van der Waals surface area contributed by atoms with E-state index >= 15 is 0 Å². The number of carbonyl (C=O) groups is 3. The minimum Gasteiger partial charge on any atom is -0.296 e. The summed E-state index contributed by atoms with van der Waals surface area (Å²) < 4.78 is 14.0. The first kappa shape index (κ1) is 18.0. The van der Waals surface area contributed by atoms with Crippen LogP contribution < -0.4 is 10.2 Å². The summed E-state index contributed by atoms with van der Waals surface area (Å²) in [6, 6.07) is 4.47. The van der Waals surface area contributed by atoms with E-state index in [2.05, 4.69) is 16.4 Å². The van der Waals surface area contributed by atoms with Crippen LogP contribution in [-0.4, -0.2) is 30.6 Å². The molecule has 1 aliphatic carbocycles. The van der Waals surface area contributed by atoms with Gasteiger partial charge in [0, 0.05) is 12.8 Å². The van der Waals surface area contributed by atoms with Crippen molar-refractivity contribution < 1.29 is 18.8 Å². The summed E-state index contributed by atoms with van der Waals surface area (Å²) in [5, 5.41) is 2.08. The fourth-order valence-electron chi connectivity index (χ4n) is 3.10. The molecule has 0 saturated carbocycles. The van der Waals surface area contributed by atoms with Gasteiger partial charge < -0.3 is 0 Å². The van der Waals surface area contributed by atoms with Crippen LogP contribution in [0.2, 0.25) is 0 Å². The minimum atomic E-state index is -1.24. The molecule has 1 heterocycles. The van der Waals surface area contributed by atoms with Gasteiger partial charge in [-0.2, -0.15) is 0 Å². The SMILES string of the molecule is O=C1NC(=O)N(c2ccccc2F)C(=O)[C@@H]1C=NCCC1=CCCCC1. The Labute approximate surface area is 150 Å². The number of allylic oxidation sites excluding steroid dienone is 1. The van der Waals surface area contributed by atoms with Crippen LogP contribution in [0.15, 0.2) is 40.9 Å². The number of amides is 4. The third kappa shape index (κ3) is 3.87. The molecule has 0 bridgehead atoms. The third-order valence-electron chi connectivity index (χ3n) is 4.50. The van der Waals surface area contributed by atoms with E-state index in [0.29, 0.717) is 11.4 Å². The highest BCUT2D eigenvalue weighted by Crippen LogP contribution is 2.23. The molecule has 1 aliphatic heterocycles. The lowest BCUT2D eigenvalue weighted by molar-refractivity contribution is -0.131. The summed E-state index contributed by atoms with van der Waals surface area (Å²) in [7, 11) is 0. The standard InChI is InChI=1S/C19H20FN3O3/c20-15-8-4-5-9-16(15)23-18(25)14(17(24)22-19(23)26)12-21-11-10-13-6-2-1-3-7-13/h4-6,8-9,12,14H,1-3,7,10-11H2,(H,22,24,26)/t14-/m1/s1. The van der Waals surface area contributed by atoms with Crippen molar-refractivity contribution in [3.63, 3.8) is 0 Å². The molecular weight excluding hydrogens is 337 g/mol. The average Bonchev–Trinajstić information content (AvgIpc) is 2.63. The van der Waals surface area contributed by atoms with E-state index in [1.807, 2.05) is 0 Å². The molecule has 0 unspecified atom stereocenters. The molecule has 1 fully saturated rings. The van der Waals surface area contributed by atoms with Crippen LogP contribution in [0.3, 0.4) is 0 Å². The van der Waals surface area contributed by atoms with Crippen molar-refractivity contribution in [2.24, 2.45) is 10.9 Å². The van der Waals surface area contributed by atoms with Gasteiger partial charge in [0.25, 0.3) is 5.91 Å². The minimum absolute atomic E-state index is 0.187. The van der Waals surface area contributed by atoms with Crippen LogP contribution in [0.4, 0.5) is 14.9 Å². The Hall–Kier alpha value is -2.83.